The molecule has 0 aliphatic heterocycles. The van der Waals surface area contributed by atoms with Crippen LogP contribution >= 0.6 is 0 Å². The molecule has 0 spiro atoms. The molecule has 2 N–H and O–H groups in total. The van der Waals surface area contributed by atoms with E-state index in [2.05, 4.69) is 0 Å². The van der Waals surface area contributed by atoms with Gasteiger partial charge in [0.25, 0.3) is 0 Å². The van der Waals surface area contributed by atoms with E-state index in [4.69, 9.17) is 0 Å². The maximum absolute atomic E-state index is 12.8. The van der Waals surface area contributed by atoms with Gasteiger partial charge in [-0.2, -0.15) is 8.78 Å². The fraction of sp³-hybridized carbons (Fsp3) is 0.400. The Morgan fingerprint density at radius 1 is 1.24 bits per heavy atom. The molecule has 1 rings (SSSR count). The molecule has 0 aliphatic rings. The average molecular weight is 264 g/mol. The highest BCUT2D eigenvalue weighted by Crippen LogP contribution is 2.12. The molecular weight excluding hydrogens is 250 g/mol. The summed E-state index contributed by atoms with van der Waals surface area (Å²) in [6, 6.07) is 2.68. The zero-order chi connectivity index (χ0) is 13.1. The zero-order valence-corrected chi connectivity index (χ0v) is 10.3. The van der Waals surface area contributed by atoms with E-state index in [1.807, 2.05) is 4.72 Å². The monoisotopic (exact) mass is 264 g/mol. The van der Waals surface area contributed by atoms with Crippen molar-refractivity contribution in [2.45, 2.75) is 17.9 Å². The van der Waals surface area contributed by atoms with Crippen molar-refractivity contribution in [1.29, 1.82) is 0 Å². The number of sulfonamides is 1. The van der Waals surface area contributed by atoms with Crippen LogP contribution < -0.4 is 10.0 Å². The lowest BCUT2D eigenvalue weighted by molar-refractivity contribution is -0.0208. The molecule has 1 aromatic rings. The van der Waals surface area contributed by atoms with Crippen LogP contribution in [0.1, 0.15) is 5.56 Å². The summed E-state index contributed by atoms with van der Waals surface area (Å²) in [5, 5.41) is 1.71. The van der Waals surface area contributed by atoms with Gasteiger partial charge in [-0.05, 0) is 26.1 Å². The fourth-order valence-corrected chi connectivity index (χ4v) is 2.11. The molecule has 0 aliphatic carbocycles. The predicted molar refractivity (Wildman–Crippen MR) is 60.4 cm³/mol. The van der Waals surface area contributed by atoms with Gasteiger partial charge < -0.3 is 0 Å². The van der Waals surface area contributed by atoms with Crippen LogP contribution in [0.3, 0.4) is 0 Å². The van der Waals surface area contributed by atoms with Crippen molar-refractivity contribution in [3.05, 3.63) is 29.8 Å². The third-order valence-electron chi connectivity index (χ3n) is 2.18. The Labute approximate surface area is 99.1 Å². The van der Waals surface area contributed by atoms with Crippen LogP contribution in [-0.2, 0) is 10.0 Å². The van der Waals surface area contributed by atoms with Crippen LogP contribution in [0.4, 0.5) is 8.78 Å². The summed E-state index contributed by atoms with van der Waals surface area (Å²) in [6.45, 7) is 0.818. The second-order valence-corrected chi connectivity index (χ2v) is 5.36. The summed E-state index contributed by atoms with van der Waals surface area (Å²) in [7, 11) is -2.83. The molecule has 0 fully saturated rings. The highest BCUT2D eigenvalue weighted by molar-refractivity contribution is 7.89. The molecule has 0 atom stereocenters. The minimum atomic E-state index is -3.89. The number of rotatable bonds is 5. The lowest BCUT2D eigenvalue weighted by atomic mass is 10.2. The smallest absolute Gasteiger partial charge is 0.260 e. The van der Waals surface area contributed by atoms with E-state index in [0.29, 0.717) is 0 Å². The Morgan fingerprint density at radius 3 is 2.24 bits per heavy atom. The van der Waals surface area contributed by atoms with E-state index in [9.17, 15) is 17.2 Å². The molecule has 0 saturated heterocycles. The first kappa shape index (κ1) is 14.0. The molecule has 0 radical (unpaired) electrons. The summed E-state index contributed by atoms with van der Waals surface area (Å²) in [4.78, 5) is -0.0324. The number of likely N-dealkylation sites (N-methyl/N-ethyl adjacent to an activating group) is 1. The maximum Gasteiger partial charge on any atom is 0.315 e. The molecule has 0 heterocycles. The van der Waals surface area contributed by atoms with Crippen molar-refractivity contribution in [3.8, 4) is 0 Å². The molecule has 0 unspecified atom stereocenters. The summed E-state index contributed by atoms with van der Waals surface area (Å²) < 4.78 is 50.8. The minimum absolute atomic E-state index is 0.0324. The van der Waals surface area contributed by atoms with Gasteiger partial charge in [-0.3, -0.25) is 5.32 Å². The van der Waals surface area contributed by atoms with Gasteiger partial charge in [0.1, 0.15) is 0 Å². The first-order valence-corrected chi connectivity index (χ1v) is 6.38. The van der Waals surface area contributed by atoms with Gasteiger partial charge in [-0.1, -0.05) is 17.7 Å². The Hall–Kier alpha value is -1.05. The van der Waals surface area contributed by atoms with Crippen LogP contribution in [0.2, 0.25) is 0 Å². The molecule has 0 amide bonds. The first-order chi connectivity index (χ1) is 7.77. The Balaban J connectivity index is 2.79. The van der Waals surface area contributed by atoms with Gasteiger partial charge >= 0.3 is 6.05 Å². The first-order valence-electron chi connectivity index (χ1n) is 4.90. The number of benzene rings is 1. The van der Waals surface area contributed by atoms with E-state index in [1.165, 1.54) is 12.1 Å². The van der Waals surface area contributed by atoms with Gasteiger partial charge in [-0.15, -0.1) is 0 Å². The Bertz CT molecular complexity index is 472. The van der Waals surface area contributed by atoms with E-state index < -0.39 is 22.6 Å². The quantitative estimate of drug-likeness (QED) is 0.783. The molecule has 0 aromatic heterocycles. The van der Waals surface area contributed by atoms with Crippen LogP contribution in [0, 0.1) is 6.92 Å². The second kappa shape index (κ2) is 5.07. The molecule has 96 valence electrons. The van der Waals surface area contributed by atoms with E-state index in [1.54, 1.807) is 24.4 Å². The van der Waals surface area contributed by atoms with E-state index in [0.717, 1.165) is 12.6 Å². The Kier molecular flexibility index (Phi) is 4.18. The van der Waals surface area contributed by atoms with Crippen molar-refractivity contribution < 1.29 is 17.2 Å². The molecule has 0 bridgehead atoms. The van der Waals surface area contributed by atoms with Crippen molar-refractivity contribution in [1.82, 2.24) is 10.0 Å². The lowest BCUT2D eigenvalue weighted by Gasteiger charge is -2.15. The van der Waals surface area contributed by atoms with E-state index >= 15 is 0 Å². The van der Waals surface area contributed by atoms with Crippen molar-refractivity contribution in [2.75, 3.05) is 13.6 Å². The fourth-order valence-electron chi connectivity index (χ4n) is 1.07. The summed E-state index contributed by atoms with van der Waals surface area (Å²) in [5.74, 6) is 0. The third kappa shape index (κ3) is 4.03. The average Bonchev–Trinajstić information content (AvgIpc) is 2.27. The summed E-state index contributed by atoms with van der Waals surface area (Å²) in [6.07, 6.45) is 0. The number of halogens is 2. The number of hydrogen-bond acceptors (Lipinski definition) is 3. The molecule has 1 aromatic carbocycles. The highest BCUT2D eigenvalue weighted by Gasteiger charge is 2.28. The van der Waals surface area contributed by atoms with Gasteiger partial charge in [0.05, 0.1) is 11.4 Å². The molecule has 0 saturated carbocycles. The van der Waals surface area contributed by atoms with Crippen LogP contribution in [-0.4, -0.2) is 28.1 Å². The van der Waals surface area contributed by atoms with E-state index in [-0.39, 0.29) is 4.90 Å². The van der Waals surface area contributed by atoms with Crippen molar-refractivity contribution in [3.63, 3.8) is 0 Å². The minimum Gasteiger partial charge on any atom is -0.260 e. The molecular formula is C10H14F2N2O2S. The largest absolute Gasteiger partial charge is 0.315 e. The van der Waals surface area contributed by atoms with Crippen molar-refractivity contribution >= 4 is 10.0 Å². The SMILES string of the molecule is CNC(F)(F)CNS(=O)(=O)c1ccc(C)cc1. The van der Waals surface area contributed by atoms with Gasteiger partial charge in [0, 0.05) is 0 Å². The maximum atomic E-state index is 12.8. The number of aryl methyl sites for hydroxylation is 1. The molecule has 4 nitrogen and oxygen atoms in total. The van der Waals surface area contributed by atoms with Crippen LogP contribution in [0.5, 0.6) is 0 Å². The van der Waals surface area contributed by atoms with Crippen LogP contribution in [0.15, 0.2) is 29.2 Å². The Morgan fingerprint density at radius 2 is 1.76 bits per heavy atom. The number of nitrogens with one attached hydrogen (secondary N) is 2. The summed E-state index contributed by atoms with van der Waals surface area (Å²) in [5.41, 5.74) is 0.893. The lowest BCUT2D eigenvalue weighted by Crippen LogP contribution is -2.45. The van der Waals surface area contributed by atoms with Crippen LogP contribution in [0.25, 0.3) is 0 Å². The number of alkyl halides is 2. The van der Waals surface area contributed by atoms with Gasteiger partial charge in [0.15, 0.2) is 0 Å². The van der Waals surface area contributed by atoms with Crippen molar-refractivity contribution in [2.24, 2.45) is 0 Å². The number of hydrogen-bond donors (Lipinski definition) is 2. The van der Waals surface area contributed by atoms with Gasteiger partial charge in [0.2, 0.25) is 10.0 Å². The highest BCUT2D eigenvalue weighted by atomic mass is 32.2. The predicted octanol–water partition coefficient (Wildman–Crippen LogP) is 1.09. The standard InChI is InChI=1S/C10H14F2N2O2S/c1-8-3-5-9(6-4-8)17(15,16)14-7-10(11,12)13-2/h3-6,13-14H,7H2,1-2H3. The normalized spacial score (nSPS) is 12.7. The second-order valence-electron chi connectivity index (χ2n) is 3.59. The zero-order valence-electron chi connectivity index (χ0n) is 9.50. The molecule has 7 heteroatoms. The van der Waals surface area contributed by atoms with Gasteiger partial charge in [-0.25, -0.2) is 13.1 Å². The molecule has 17 heavy (non-hydrogen) atoms. The third-order valence-corrected chi connectivity index (χ3v) is 3.60. The topological polar surface area (TPSA) is 58.2 Å². The summed E-state index contributed by atoms with van der Waals surface area (Å²) >= 11 is 0.